The van der Waals surface area contributed by atoms with Crippen molar-refractivity contribution in [2.75, 3.05) is 44.2 Å². The molecule has 0 bridgehead atoms. The number of ether oxygens (including phenoxy) is 1. The molecule has 11 heteroatoms. The Kier molecular flexibility index (Phi) is 5.50. The third kappa shape index (κ3) is 3.74. The standard InChI is InChI=1S/C23H26N8O2S/c1-2-33-23(32)30-12-10-29(11-13-30)20-19-17-8-9-28(14-16-6-4-3-5-7-16)15-18(17)34-21(19)31-22(24-20)25-26-27-31/h3-7H,2,8-15H2,1H3. The summed E-state index contributed by atoms with van der Waals surface area (Å²) in [5.74, 6) is 1.44. The van der Waals surface area contributed by atoms with Crippen molar-refractivity contribution in [1.82, 2.24) is 34.8 Å². The number of benzene rings is 1. The van der Waals surface area contributed by atoms with E-state index in [0.717, 1.165) is 42.1 Å². The Hall–Kier alpha value is -3.31. The molecule has 176 valence electrons. The van der Waals surface area contributed by atoms with Crippen molar-refractivity contribution in [2.24, 2.45) is 0 Å². The maximum absolute atomic E-state index is 12.1. The van der Waals surface area contributed by atoms with Crippen LogP contribution in [0.1, 0.15) is 22.9 Å². The Labute approximate surface area is 200 Å². The molecule has 10 nitrogen and oxygen atoms in total. The Morgan fingerprint density at radius 3 is 2.74 bits per heavy atom. The number of amides is 1. The van der Waals surface area contributed by atoms with Crippen molar-refractivity contribution >= 4 is 39.2 Å². The zero-order valence-electron chi connectivity index (χ0n) is 19.1. The molecule has 0 aliphatic carbocycles. The number of hydrogen-bond donors (Lipinski definition) is 0. The van der Waals surface area contributed by atoms with Gasteiger partial charge in [0.1, 0.15) is 10.6 Å². The van der Waals surface area contributed by atoms with Gasteiger partial charge in [-0.25, -0.2) is 4.79 Å². The third-order valence-electron chi connectivity index (χ3n) is 6.55. The maximum atomic E-state index is 12.1. The minimum absolute atomic E-state index is 0.246. The Morgan fingerprint density at radius 1 is 1.12 bits per heavy atom. The van der Waals surface area contributed by atoms with Gasteiger partial charge in [0.2, 0.25) is 0 Å². The molecule has 6 rings (SSSR count). The molecule has 0 spiro atoms. The average molecular weight is 479 g/mol. The molecular weight excluding hydrogens is 452 g/mol. The fraction of sp³-hybridized carbons (Fsp3) is 0.435. The van der Waals surface area contributed by atoms with Gasteiger partial charge in [0, 0.05) is 50.7 Å². The topological polar surface area (TPSA) is 92.0 Å². The van der Waals surface area contributed by atoms with Crippen LogP contribution in [0.25, 0.3) is 16.0 Å². The first-order chi connectivity index (χ1) is 16.7. The van der Waals surface area contributed by atoms with Crippen molar-refractivity contribution in [1.29, 1.82) is 0 Å². The number of anilines is 1. The molecule has 0 atom stereocenters. The number of carbonyl (C=O) groups is 1. The fourth-order valence-electron chi connectivity index (χ4n) is 4.88. The second kappa shape index (κ2) is 8.80. The molecule has 0 saturated carbocycles. The van der Waals surface area contributed by atoms with Crippen LogP contribution in [0.4, 0.5) is 10.6 Å². The van der Waals surface area contributed by atoms with Gasteiger partial charge in [-0.1, -0.05) is 35.4 Å². The van der Waals surface area contributed by atoms with Gasteiger partial charge in [-0.15, -0.1) is 11.3 Å². The van der Waals surface area contributed by atoms with Gasteiger partial charge >= 0.3 is 6.09 Å². The molecular formula is C23H26N8O2S. The summed E-state index contributed by atoms with van der Waals surface area (Å²) >= 11 is 1.77. The highest BCUT2D eigenvalue weighted by atomic mass is 32.1. The second-order valence-corrected chi connectivity index (χ2v) is 9.71. The summed E-state index contributed by atoms with van der Waals surface area (Å²) in [7, 11) is 0. The minimum Gasteiger partial charge on any atom is -0.450 e. The molecule has 1 saturated heterocycles. The lowest BCUT2D eigenvalue weighted by Gasteiger charge is -2.35. The average Bonchev–Trinajstić information content (AvgIpc) is 3.49. The van der Waals surface area contributed by atoms with Crippen LogP contribution in [0.5, 0.6) is 0 Å². The smallest absolute Gasteiger partial charge is 0.409 e. The molecule has 34 heavy (non-hydrogen) atoms. The van der Waals surface area contributed by atoms with Gasteiger partial charge in [0.25, 0.3) is 5.78 Å². The maximum Gasteiger partial charge on any atom is 0.409 e. The normalized spacial score (nSPS) is 16.9. The number of aromatic nitrogens is 5. The molecule has 2 aliphatic heterocycles. The predicted molar refractivity (Wildman–Crippen MR) is 129 cm³/mol. The van der Waals surface area contributed by atoms with Crippen LogP contribution >= 0.6 is 11.3 Å². The first kappa shape index (κ1) is 21.2. The number of fused-ring (bicyclic) bond motifs is 5. The van der Waals surface area contributed by atoms with Gasteiger partial charge < -0.3 is 14.5 Å². The molecule has 0 N–H and O–H groups in total. The molecule has 5 heterocycles. The summed E-state index contributed by atoms with van der Waals surface area (Å²) in [5, 5.41) is 13.4. The lowest BCUT2D eigenvalue weighted by Crippen LogP contribution is -2.49. The summed E-state index contributed by atoms with van der Waals surface area (Å²) in [6.07, 6.45) is 0.719. The number of thiophene rings is 1. The van der Waals surface area contributed by atoms with Crippen molar-refractivity contribution < 1.29 is 9.53 Å². The minimum atomic E-state index is -0.246. The van der Waals surface area contributed by atoms with E-state index in [1.807, 2.05) is 6.92 Å². The number of tetrazole rings is 1. The molecule has 2 aliphatic rings. The molecule has 1 fully saturated rings. The summed E-state index contributed by atoms with van der Waals surface area (Å²) in [6.45, 7) is 7.67. The monoisotopic (exact) mass is 478 g/mol. The van der Waals surface area contributed by atoms with Crippen molar-refractivity contribution in [3.63, 3.8) is 0 Å². The van der Waals surface area contributed by atoms with E-state index in [1.54, 1.807) is 20.8 Å². The highest BCUT2D eigenvalue weighted by Gasteiger charge is 2.30. The Morgan fingerprint density at radius 2 is 1.94 bits per heavy atom. The predicted octanol–water partition coefficient (Wildman–Crippen LogP) is 2.57. The zero-order valence-corrected chi connectivity index (χ0v) is 19.9. The lowest BCUT2D eigenvalue weighted by atomic mass is 10.0. The van der Waals surface area contributed by atoms with Crippen LogP contribution in [-0.2, 0) is 24.2 Å². The number of rotatable bonds is 4. The number of nitrogens with zero attached hydrogens (tertiary/aromatic N) is 8. The lowest BCUT2D eigenvalue weighted by molar-refractivity contribution is 0.105. The highest BCUT2D eigenvalue weighted by Crippen LogP contribution is 2.40. The van der Waals surface area contributed by atoms with Crippen molar-refractivity contribution in [2.45, 2.75) is 26.4 Å². The first-order valence-electron chi connectivity index (χ1n) is 11.7. The first-order valence-corrected chi connectivity index (χ1v) is 12.5. The van der Waals surface area contributed by atoms with E-state index < -0.39 is 0 Å². The summed E-state index contributed by atoms with van der Waals surface area (Å²) in [4.78, 5) is 25.9. The second-order valence-electron chi connectivity index (χ2n) is 8.63. The molecule has 4 aromatic rings. The van der Waals surface area contributed by atoms with Crippen LogP contribution < -0.4 is 4.90 Å². The number of carbonyl (C=O) groups excluding carboxylic acids is 1. The Balaban J connectivity index is 1.32. The summed E-state index contributed by atoms with van der Waals surface area (Å²) in [6, 6.07) is 10.6. The van der Waals surface area contributed by atoms with Crippen molar-refractivity contribution in [3.05, 3.63) is 46.3 Å². The Bertz CT molecular complexity index is 1330. The summed E-state index contributed by atoms with van der Waals surface area (Å²) in [5.41, 5.74) is 2.69. The van der Waals surface area contributed by atoms with E-state index in [0.29, 0.717) is 38.6 Å². The fourth-order valence-corrected chi connectivity index (χ4v) is 6.21. The van der Waals surface area contributed by atoms with E-state index in [2.05, 4.69) is 55.7 Å². The van der Waals surface area contributed by atoms with Gasteiger partial charge in [-0.2, -0.15) is 9.50 Å². The quantitative estimate of drug-likeness (QED) is 0.442. The van der Waals surface area contributed by atoms with Crippen molar-refractivity contribution in [3.8, 4) is 0 Å². The highest BCUT2D eigenvalue weighted by molar-refractivity contribution is 7.19. The van der Waals surface area contributed by atoms with Gasteiger partial charge in [-0.05, 0) is 34.9 Å². The zero-order chi connectivity index (χ0) is 23.1. The van der Waals surface area contributed by atoms with Gasteiger partial charge in [0.15, 0.2) is 0 Å². The van der Waals surface area contributed by atoms with Crippen LogP contribution in [0, 0.1) is 0 Å². The number of hydrogen-bond acceptors (Lipinski definition) is 9. The SMILES string of the molecule is CCOC(=O)N1CCN(c2nc3nnnn3c3sc4c(c23)CCN(Cc2ccccc2)C4)CC1. The molecule has 3 aromatic heterocycles. The van der Waals surface area contributed by atoms with Gasteiger partial charge in [-0.3, -0.25) is 4.90 Å². The molecule has 1 amide bonds. The van der Waals surface area contributed by atoms with E-state index in [4.69, 9.17) is 9.72 Å². The summed E-state index contributed by atoms with van der Waals surface area (Å²) < 4.78 is 6.94. The van der Waals surface area contributed by atoms with Crippen LogP contribution in [0.15, 0.2) is 30.3 Å². The van der Waals surface area contributed by atoms with Crippen LogP contribution in [-0.4, -0.2) is 80.2 Å². The van der Waals surface area contributed by atoms with E-state index in [9.17, 15) is 4.79 Å². The third-order valence-corrected chi connectivity index (χ3v) is 7.74. The number of piperazine rings is 1. The van der Waals surface area contributed by atoms with Crippen LogP contribution in [0.2, 0.25) is 0 Å². The van der Waals surface area contributed by atoms with Crippen LogP contribution in [0.3, 0.4) is 0 Å². The van der Waals surface area contributed by atoms with E-state index in [-0.39, 0.29) is 6.09 Å². The molecule has 0 radical (unpaired) electrons. The van der Waals surface area contributed by atoms with E-state index in [1.165, 1.54) is 16.0 Å². The molecule has 1 aromatic carbocycles. The largest absolute Gasteiger partial charge is 0.450 e. The van der Waals surface area contributed by atoms with E-state index >= 15 is 0 Å². The van der Waals surface area contributed by atoms with Gasteiger partial charge in [0.05, 0.1) is 12.0 Å². The molecule has 0 unspecified atom stereocenters.